The number of anilines is 1. The standard InChI is InChI=1S/C16H24N2O2/c1-20-15-8-7-14(17)10-13(15)11-18-16(19)9-6-12-4-2-3-5-12/h7-8,10,12H,2-6,9,11,17H2,1H3,(H,18,19). The number of methoxy groups -OCH3 is 1. The molecule has 4 heteroatoms. The summed E-state index contributed by atoms with van der Waals surface area (Å²) in [7, 11) is 1.62. The van der Waals surface area contributed by atoms with Gasteiger partial charge in [0.25, 0.3) is 0 Å². The van der Waals surface area contributed by atoms with Gasteiger partial charge in [-0.2, -0.15) is 0 Å². The van der Waals surface area contributed by atoms with Crippen molar-refractivity contribution in [1.82, 2.24) is 5.32 Å². The molecule has 0 unspecified atom stereocenters. The maximum Gasteiger partial charge on any atom is 0.220 e. The monoisotopic (exact) mass is 276 g/mol. The van der Waals surface area contributed by atoms with Crippen molar-refractivity contribution in [3.05, 3.63) is 23.8 Å². The highest BCUT2D eigenvalue weighted by Crippen LogP contribution is 2.28. The largest absolute Gasteiger partial charge is 0.496 e. The highest BCUT2D eigenvalue weighted by Gasteiger charge is 2.16. The van der Waals surface area contributed by atoms with Crippen LogP contribution in [0.15, 0.2) is 18.2 Å². The third kappa shape index (κ3) is 4.15. The second-order valence-electron chi connectivity index (χ2n) is 5.54. The number of hydrogen-bond donors (Lipinski definition) is 2. The highest BCUT2D eigenvalue weighted by atomic mass is 16.5. The Balaban J connectivity index is 1.78. The average Bonchev–Trinajstić information content (AvgIpc) is 2.96. The van der Waals surface area contributed by atoms with Gasteiger partial charge >= 0.3 is 0 Å². The molecule has 0 atom stereocenters. The van der Waals surface area contributed by atoms with E-state index < -0.39 is 0 Å². The minimum atomic E-state index is 0.112. The zero-order valence-corrected chi connectivity index (χ0v) is 12.2. The molecular formula is C16H24N2O2. The van der Waals surface area contributed by atoms with Gasteiger partial charge in [0.05, 0.1) is 7.11 Å². The lowest BCUT2D eigenvalue weighted by Gasteiger charge is -2.12. The fourth-order valence-corrected chi connectivity index (χ4v) is 2.85. The summed E-state index contributed by atoms with van der Waals surface area (Å²) in [5.74, 6) is 1.62. The van der Waals surface area contributed by atoms with Crippen LogP contribution in [0.5, 0.6) is 5.75 Å². The van der Waals surface area contributed by atoms with Crippen LogP contribution in [0.3, 0.4) is 0 Å². The normalized spacial score (nSPS) is 15.2. The predicted octanol–water partition coefficient (Wildman–Crippen LogP) is 2.86. The van der Waals surface area contributed by atoms with Crippen LogP contribution in [0.4, 0.5) is 5.69 Å². The van der Waals surface area contributed by atoms with Crippen LogP contribution in [-0.4, -0.2) is 13.0 Å². The molecule has 0 aromatic heterocycles. The summed E-state index contributed by atoms with van der Waals surface area (Å²) in [5, 5.41) is 2.95. The van der Waals surface area contributed by atoms with E-state index in [-0.39, 0.29) is 5.91 Å². The van der Waals surface area contributed by atoms with E-state index in [1.807, 2.05) is 12.1 Å². The number of nitrogen functional groups attached to an aromatic ring is 1. The molecule has 1 aromatic carbocycles. The molecule has 1 aliphatic rings. The molecule has 20 heavy (non-hydrogen) atoms. The van der Waals surface area contributed by atoms with E-state index in [0.717, 1.165) is 23.7 Å². The van der Waals surface area contributed by atoms with E-state index in [4.69, 9.17) is 10.5 Å². The summed E-state index contributed by atoms with van der Waals surface area (Å²) >= 11 is 0. The van der Waals surface area contributed by atoms with Gasteiger partial charge in [-0.25, -0.2) is 0 Å². The van der Waals surface area contributed by atoms with Crippen LogP contribution in [0, 0.1) is 5.92 Å². The minimum Gasteiger partial charge on any atom is -0.496 e. The van der Waals surface area contributed by atoms with Crippen LogP contribution in [-0.2, 0) is 11.3 Å². The van der Waals surface area contributed by atoms with Crippen LogP contribution in [0.2, 0.25) is 0 Å². The van der Waals surface area contributed by atoms with Crippen LogP contribution in [0.1, 0.15) is 44.1 Å². The third-order valence-corrected chi connectivity index (χ3v) is 4.03. The summed E-state index contributed by atoms with van der Waals surface area (Å²) in [6, 6.07) is 5.47. The molecule has 4 nitrogen and oxygen atoms in total. The van der Waals surface area contributed by atoms with E-state index in [9.17, 15) is 4.79 Å². The average molecular weight is 276 g/mol. The van der Waals surface area contributed by atoms with Crippen molar-refractivity contribution < 1.29 is 9.53 Å². The Morgan fingerprint density at radius 2 is 2.15 bits per heavy atom. The highest BCUT2D eigenvalue weighted by molar-refractivity contribution is 5.76. The summed E-state index contributed by atoms with van der Waals surface area (Å²) in [5.41, 5.74) is 7.36. The molecule has 2 rings (SSSR count). The Kier molecular flexibility index (Phi) is 5.27. The number of carbonyl (C=O) groups is 1. The van der Waals surface area contributed by atoms with E-state index in [0.29, 0.717) is 18.7 Å². The lowest BCUT2D eigenvalue weighted by atomic mass is 10.0. The van der Waals surface area contributed by atoms with E-state index >= 15 is 0 Å². The Labute approximate surface area is 120 Å². The predicted molar refractivity (Wildman–Crippen MR) is 80.4 cm³/mol. The zero-order valence-electron chi connectivity index (χ0n) is 12.2. The Bertz CT molecular complexity index is 454. The quantitative estimate of drug-likeness (QED) is 0.785. The van der Waals surface area contributed by atoms with Crippen molar-refractivity contribution in [2.24, 2.45) is 5.92 Å². The van der Waals surface area contributed by atoms with Crippen molar-refractivity contribution in [2.45, 2.75) is 45.1 Å². The number of ether oxygens (including phenoxy) is 1. The first kappa shape index (κ1) is 14.7. The summed E-state index contributed by atoms with van der Waals surface area (Å²) in [6.45, 7) is 0.470. The molecule has 0 spiro atoms. The van der Waals surface area contributed by atoms with Gasteiger partial charge in [0.2, 0.25) is 5.91 Å². The minimum absolute atomic E-state index is 0.112. The molecule has 1 aliphatic carbocycles. The Morgan fingerprint density at radius 1 is 1.40 bits per heavy atom. The molecule has 1 amide bonds. The third-order valence-electron chi connectivity index (χ3n) is 4.03. The topological polar surface area (TPSA) is 64.3 Å². The second-order valence-corrected chi connectivity index (χ2v) is 5.54. The van der Waals surface area contributed by atoms with Gasteiger partial charge < -0.3 is 15.8 Å². The van der Waals surface area contributed by atoms with Crippen LogP contribution < -0.4 is 15.8 Å². The molecule has 1 saturated carbocycles. The number of rotatable bonds is 6. The molecule has 3 N–H and O–H groups in total. The number of hydrogen-bond acceptors (Lipinski definition) is 3. The van der Waals surface area contributed by atoms with Crippen molar-refractivity contribution in [1.29, 1.82) is 0 Å². The van der Waals surface area contributed by atoms with Crippen molar-refractivity contribution >= 4 is 11.6 Å². The zero-order chi connectivity index (χ0) is 14.4. The smallest absolute Gasteiger partial charge is 0.220 e. The van der Waals surface area contributed by atoms with Crippen molar-refractivity contribution in [2.75, 3.05) is 12.8 Å². The van der Waals surface area contributed by atoms with Gasteiger partial charge in [-0.1, -0.05) is 25.7 Å². The fourth-order valence-electron chi connectivity index (χ4n) is 2.85. The maximum absolute atomic E-state index is 11.9. The second kappa shape index (κ2) is 7.17. The first-order valence-electron chi connectivity index (χ1n) is 7.38. The van der Waals surface area contributed by atoms with Crippen LogP contribution in [0.25, 0.3) is 0 Å². The molecular weight excluding hydrogens is 252 g/mol. The molecule has 0 radical (unpaired) electrons. The summed E-state index contributed by atoms with van der Waals surface area (Å²) in [4.78, 5) is 11.9. The lowest BCUT2D eigenvalue weighted by Crippen LogP contribution is -2.23. The number of nitrogens with one attached hydrogen (secondary N) is 1. The lowest BCUT2D eigenvalue weighted by molar-refractivity contribution is -0.121. The number of benzene rings is 1. The number of amides is 1. The van der Waals surface area contributed by atoms with Gasteiger partial charge in [0.15, 0.2) is 0 Å². The van der Waals surface area contributed by atoms with E-state index in [1.54, 1.807) is 13.2 Å². The molecule has 1 aromatic rings. The number of nitrogens with two attached hydrogens (primary N) is 1. The Morgan fingerprint density at radius 3 is 2.85 bits per heavy atom. The van der Waals surface area contributed by atoms with Gasteiger partial charge in [0.1, 0.15) is 5.75 Å². The van der Waals surface area contributed by atoms with Gasteiger partial charge in [-0.15, -0.1) is 0 Å². The van der Waals surface area contributed by atoms with Crippen molar-refractivity contribution in [3.8, 4) is 5.75 Å². The molecule has 0 saturated heterocycles. The first-order valence-corrected chi connectivity index (χ1v) is 7.38. The van der Waals surface area contributed by atoms with Gasteiger partial charge in [0, 0.05) is 24.2 Å². The molecule has 0 aliphatic heterocycles. The SMILES string of the molecule is COc1ccc(N)cc1CNC(=O)CCC1CCCC1. The maximum atomic E-state index is 11.9. The number of carbonyl (C=O) groups excluding carboxylic acids is 1. The summed E-state index contributed by atoms with van der Waals surface area (Å²) in [6.07, 6.45) is 6.86. The fraction of sp³-hybridized carbons (Fsp3) is 0.562. The summed E-state index contributed by atoms with van der Waals surface area (Å²) < 4.78 is 5.27. The van der Waals surface area contributed by atoms with Gasteiger partial charge in [-0.3, -0.25) is 4.79 Å². The molecule has 0 heterocycles. The first-order chi connectivity index (χ1) is 9.69. The molecule has 110 valence electrons. The van der Waals surface area contributed by atoms with Gasteiger partial charge in [-0.05, 0) is 30.5 Å². The van der Waals surface area contributed by atoms with E-state index in [1.165, 1.54) is 25.7 Å². The molecule has 1 fully saturated rings. The Hall–Kier alpha value is -1.71. The van der Waals surface area contributed by atoms with E-state index in [2.05, 4.69) is 5.32 Å². The molecule has 0 bridgehead atoms. The van der Waals surface area contributed by atoms with Crippen LogP contribution >= 0.6 is 0 Å². The van der Waals surface area contributed by atoms with Crippen molar-refractivity contribution in [3.63, 3.8) is 0 Å².